The van der Waals surface area contributed by atoms with Gasteiger partial charge in [0.15, 0.2) is 0 Å². The SMILES string of the molecule is CC(C)C[C@H](N)C(=O)NCC(c1cccc(Cl)c1)N1CCOCC1.Cl.Cl. The van der Waals surface area contributed by atoms with Gasteiger partial charge in [0.2, 0.25) is 5.91 Å². The molecule has 2 rings (SSSR count). The summed E-state index contributed by atoms with van der Waals surface area (Å²) in [6.07, 6.45) is 0.686. The maximum atomic E-state index is 12.3. The molecule has 0 spiro atoms. The summed E-state index contributed by atoms with van der Waals surface area (Å²) >= 11 is 6.15. The summed E-state index contributed by atoms with van der Waals surface area (Å²) in [4.78, 5) is 14.6. The summed E-state index contributed by atoms with van der Waals surface area (Å²) in [6.45, 7) is 7.74. The number of nitrogens with zero attached hydrogens (tertiary/aromatic N) is 1. The molecule has 0 radical (unpaired) electrons. The third-order valence-electron chi connectivity index (χ3n) is 4.25. The van der Waals surface area contributed by atoms with Crippen LogP contribution in [-0.2, 0) is 9.53 Å². The normalized spacial score (nSPS) is 17.0. The average Bonchev–Trinajstić information content (AvgIpc) is 2.55. The summed E-state index contributed by atoms with van der Waals surface area (Å²) in [6, 6.07) is 7.42. The highest BCUT2D eigenvalue weighted by Gasteiger charge is 2.24. The molecule has 0 bridgehead atoms. The van der Waals surface area contributed by atoms with Gasteiger partial charge in [0.05, 0.1) is 25.3 Å². The molecule has 5 nitrogen and oxygen atoms in total. The van der Waals surface area contributed by atoms with Crippen LogP contribution in [0.5, 0.6) is 0 Å². The van der Waals surface area contributed by atoms with E-state index in [1.165, 1.54) is 0 Å². The second kappa shape index (κ2) is 12.8. The highest BCUT2D eigenvalue weighted by atomic mass is 35.5. The van der Waals surface area contributed by atoms with Gasteiger partial charge in [0.25, 0.3) is 0 Å². The van der Waals surface area contributed by atoms with E-state index in [9.17, 15) is 4.79 Å². The molecule has 8 heteroatoms. The lowest BCUT2D eigenvalue weighted by Crippen LogP contribution is -2.47. The number of morpholine rings is 1. The smallest absolute Gasteiger partial charge is 0.236 e. The Morgan fingerprint density at radius 1 is 1.31 bits per heavy atom. The van der Waals surface area contributed by atoms with Crippen LogP contribution in [0.25, 0.3) is 0 Å². The van der Waals surface area contributed by atoms with Crippen molar-refractivity contribution in [1.29, 1.82) is 0 Å². The van der Waals surface area contributed by atoms with E-state index in [2.05, 4.69) is 24.1 Å². The van der Waals surface area contributed by atoms with Crippen LogP contribution in [0.1, 0.15) is 31.9 Å². The Morgan fingerprint density at radius 3 is 2.54 bits per heavy atom. The minimum atomic E-state index is -0.463. The van der Waals surface area contributed by atoms with E-state index in [1.807, 2.05) is 24.3 Å². The Hall–Kier alpha value is -0.560. The molecule has 150 valence electrons. The maximum Gasteiger partial charge on any atom is 0.236 e. The van der Waals surface area contributed by atoms with Crippen molar-refractivity contribution >= 4 is 42.3 Å². The van der Waals surface area contributed by atoms with Crippen LogP contribution in [0, 0.1) is 5.92 Å². The molecule has 0 aliphatic carbocycles. The predicted octanol–water partition coefficient (Wildman–Crippen LogP) is 3.05. The molecule has 0 aromatic heterocycles. The number of halogens is 3. The third-order valence-corrected chi connectivity index (χ3v) is 4.49. The van der Waals surface area contributed by atoms with Crippen LogP contribution in [0.4, 0.5) is 0 Å². The molecule has 1 aromatic carbocycles. The number of rotatable bonds is 7. The van der Waals surface area contributed by atoms with Crippen molar-refractivity contribution in [2.45, 2.75) is 32.4 Å². The van der Waals surface area contributed by atoms with Crippen molar-refractivity contribution in [2.75, 3.05) is 32.8 Å². The lowest BCUT2D eigenvalue weighted by Gasteiger charge is -2.35. The molecular formula is C18H30Cl3N3O2. The molecule has 1 aromatic rings. The molecule has 1 amide bonds. The van der Waals surface area contributed by atoms with E-state index in [-0.39, 0.29) is 36.8 Å². The summed E-state index contributed by atoms with van der Waals surface area (Å²) in [7, 11) is 0. The molecular weight excluding hydrogens is 397 g/mol. The fourth-order valence-electron chi connectivity index (χ4n) is 3.00. The Labute approximate surface area is 173 Å². The second-order valence-corrected chi connectivity index (χ2v) is 7.14. The predicted molar refractivity (Wildman–Crippen MR) is 112 cm³/mol. The summed E-state index contributed by atoms with van der Waals surface area (Å²) in [5, 5.41) is 3.72. The van der Waals surface area contributed by atoms with E-state index in [0.717, 1.165) is 18.7 Å². The van der Waals surface area contributed by atoms with Crippen LogP contribution in [0.15, 0.2) is 24.3 Å². The molecule has 0 saturated carbocycles. The van der Waals surface area contributed by atoms with Crippen molar-refractivity contribution in [1.82, 2.24) is 10.2 Å². The third kappa shape index (κ3) is 7.99. The second-order valence-electron chi connectivity index (χ2n) is 6.70. The maximum absolute atomic E-state index is 12.3. The van der Waals surface area contributed by atoms with Gasteiger partial charge in [-0.1, -0.05) is 37.6 Å². The van der Waals surface area contributed by atoms with Gasteiger partial charge in [-0.05, 0) is 30.0 Å². The van der Waals surface area contributed by atoms with Gasteiger partial charge < -0.3 is 15.8 Å². The Balaban J connectivity index is 0.00000312. The fourth-order valence-corrected chi connectivity index (χ4v) is 3.20. The van der Waals surface area contributed by atoms with Gasteiger partial charge in [-0.2, -0.15) is 0 Å². The van der Waals surface area contributed by atoms with E-state index >= 15 is 0 Å². The molecule has 1 aliphatic rings. The lowest BCUT2D eigenvalue weighted by atomic mass is 10.0. The fraction of sp³-hybridized carbons (Fsp3) is 0.611. The number of carbonyl (C=O) groups excluding carboxylic acids is 1. The number of carbonyl (C=O) groups is 1. The minimum Gasteiger partial charge on any atom is -0.379 e. The number of hydrogen-bond donors (Lipinski definition) is 2. The number of benzene rings is 1. The summed E-state index contributed by atoms with van der Waals surface area (Å²) in [5.74, 6) is 0.303. The Bertz CT molecular complexity index is 540. The number of nitrogens with two attached hydrogens (primary N) is 1. The highest BCUT2D eigenvalue weighted by Crippen LogP contribution is 2.24. The topological polar surface area (TPSA) is 67.6 Å². The first-order valence-electron chi connectivity index (χ1n) is 8.58. The molecule has 2 atom stereocenters. The first-order valence-corrected chi connectivity index (χ1v) is 8.95. The first kappa shape index (κ1) is 25.4. The Morgan fingerprint density at radius 2 is 1.96 bits per heavy atom. The zero-order valence-corrected chi connectivity index (χ0v) is 17.7. The monoisotopic (exact) mass is 425 g/mol. The number of hydrogen-bond acceptors (Lipinski definition) is 4. The molecule has 3 N–H and O–H groups in total. The molecule has 26 heavy (non-hydrogen) atoms. The van der Waals surface area contributed by atoms with Crippen molar-refractivity contribution in [3.63, 3.8) is 0 Å². The summed E-state index contributed by atoms with van der Waals surface area (Å²) in [5.41, 5.74) is 7.08. The zero-order valence-electron chi connectivity index (χ0n) is 15.3. The van der Waals surface area contributed by atoms with Gasteiger partial charge in [-0.25, -0.2) is 0 Å². The molecule has 1 saturated heterocycles. The van der Waals surface area contributed by atoms with Crippen LogP contribution in [0.3, 0.4) is 0 Å². The van der Waals surface area contributed by atoms with E-state index < -0.39 is 6.04 Å². The standard InChI is InChI=1S/C18H28ClN3O2.2ClH/c1-13(2)10-16(20)18(23)21-12-17(22-6-8-24-9-7-22)14-4-3-5-15(19)11-14;;/h3-5,11,13,16-17H,6-10,12,20H2,1-2H3,(H,21,23);2*1H/t16-,17?;;/m0../s1. The zero-order chi connectivity index (χ0) is 17.5. The van der Waals surface area contributed by atoms with Crippen molar-refractivity contribution in [3.05, 3.63) is 34.9 Å². The van der Waals surface area contributed by atoms with Gasteiger partial charge in [0.1, 0.15) is 0 Å². The minimum absolute atomic E-state index is 0. The average molecular weight is 427 g/mol. The van der Waals surface area contributed by atoms with Crippen LogP contribution < -0.4 is 11.1 Å². The van der Waals surface area contributed by atoms with Crippen LogP contribution >= 0.6 is 36.4 Å². The Kier molecular flexibility index (Phi) is 12.5. The van der Waals surface area contributed by atoms with Crippen molar-refractivity contribution in [3.8, 4) is 0 Å². The van der Waals surface area contributed by atoms with Crippen LogP contribution in [0.2, 0.25) is 5.02 Å². The van der Waals surface area contributed by atoms with Gasteiger partial charge in [-0.3, -0.25) is 9.69 Å². The van der Waals surface area contributed by atoms with Crippen molar-refractivity contribution in [2.24, 2.45) is 11.7 Å². The van der Waals surface area contributed by atoms with E-state index in [4.69, 9.17) is 22.1 Å². The van der Waals surface area contributed by atoms with Crippen molar-refractivity contribution < 1.29 is 9.53 Å². The number of amides is 1. The number of nitrogens with one attached hydrogen (secondary N) is 1. The van der Waals surface area contributed by atoms with Gasteiger partial charge in [-0.15, -0.1) is 24.8 Å². The van der Waals surface area contributed by atoms with Crippen LogP contribution in [-0.4, -0.2) is 49.7 Å². The molecule has 1 fully saturated rings. The molecule has 1 aliphatic heterocycles. The first-order chi connectivity index (χ1) is 11.5. The summed E-state index contributed by atoms with van der Waals surface area (Å²) < 4.78 is 5.44. The quantitative estimate of drug-likeness (QED) is 0.703. The number of ether oxygens (including phenoxy) is 1. The molecule has 1 heterocycles. The highest BCUT2D eigenvalue weighted by molar-refractivity contribution is 6.30. The van der Waals surface area contributed by atoms with Gasteiger partial charge >= 0.3 is 0 Å². The lowest BCUT2D eigenvalue weighted by molar-refractivity contribution is -0.123. The van der Waals surface area contributed by atoms with Gasteiger partial charge in [0, 0.05) is 24.7 Å². The molecule has 1 unspecified atom stereocenters. The van der Waals surface area contributed by atoms with E-state index in [0.29, 0.717) is 37.1 Å². The largest absolute Gasteiger partial charge is 0.379 e. The van der Waals surface area contributed by atoms with E-state index in [1.54, 1.807) is 0 Å².